The van der Waals surface area contributed by atoms with E-state index >= 15 is 0 Å². The van der Waals surface area contributed by atoms with Gasteiger partial charge in [-0.1, -0.05) is 12.1 Å². The van der Waals surface area contributed by atoms with Crippen molar-refractivity contribution in [3.8, 4) is 22.7 Å². The van der Waals surface area contributed by atoms with Gasteiger partial charge in [0, 0.05) is 37.6 Å². The Morgan fingerprint density at radius 3 is 2.61 bits per heavy atom. The van der Waals surface area contributed by atoms with Crippen molar-refractivity contribution < 1.29 is 9.13 Å². The summed E-state index contributed by atoms with van der Waals surface area (Å²) in [6.45, 7) is 4.59. The number of aromatic nitrogens is 4. The zero-order chi connectivity index (χ0) is 22.9. The molecule has 5 rings (SSSR count). The predicted octanol–water partition coefficient (Wildman–Crippen LogP) is 4.81. The third-order valence-corrected chi connectivity index (χ3v) is 6.06. The van der Waals surface area contributed by atoms with E-state index in [-0.39, 0.29) is 5.82 Å². The first-order valence-electron chi connectivity index (χ1n) is 10.9. The van der Waals surface area contributed by atoms with Gasteiger partial charge >= 0.3 is 0 Å². The third-order valence-electron chi connectivity index (χ3n) is 6.06. The van der Waals surface area contributed by atoms with Crippen LogP contribution in [-0.4, -0.2) is 44.7 Å². The lowest BCUT2D eigenvalue weighted by atomic mass is 10.1. The highest BCUT2D eigenvalue weighted by Gasteiger charge is 2.22. The number of likely N-dealkylation sites (N-methyl/N-ethyl adjacent to an activating group) is 1. The van der Waals surface area contributed by atoms with Crippen LogP contribution < -0.4 is 4.74 Å². The van der Waals surface area contributed by atoms with Crippen LogP contribution in [-0.2, 0) is 13.1 Å². The van der Waals surface area contributed by atoms with E-state index in [1.165, 1.54) is 12.1 Å². The van der Waals surface area contributed by atoms with Crippen LogP contribution in [0, 0.1) is 12.7 Å². The van der Waals surface area contributed by atoms with Crippen molar-refractivity contribution in [1.29, 1.82) is 0 Å². The molecule has 1 aliphatic rings. The average molecular weight is 444 g/mol. The second-order valence-electron chi connectivity index (χ2n) is 8.27. The van der Waals surface area contributed by atoms with E-state index in [0.29, 0.717) is 0 Å². The van der Waals surface area contributed by atoms with E-state index in [4.69, 9.17) is 9.72 Å². The second kappa shape index (κ2) is 8.67. The van der Waals surface area contributed by atoms with Crippen LogP contribution in [0.15, 0.2) is 54.9 Å². The fourth-order valence-electron chi connectivity index (χ4n) is 4.29. The minimum atomic E-state index is -0.243. The van der Waals surface area contributed by atoms with Crippen LogP contribution in [0.5, 0.6) is 5.75 Å². The van der Waals surface area contributed by atoms with E-state index in [2.05, 4.69) is 33.6 Å². The van der Waals surface area contributed by atoms with Crippen LogP contribution in [0.1, 0.15) is 22.9 Å². The largest absolute Gasteiger partial charge is 0.495 e. The summed E-state index contributed by atoms with van der Waals surface area (Å²) < 4.78 is 23.4. The number of halogens is 1. The van der Waals surface area contributed by atoms with Crippen LogP contribution >= 0.6 is 0 Å². The van der Waals surface area contributed by atoms with Crippen LogP contribution in [0.3, 0.4) is 0 Å². The summed E-state index contributed by atoms with van der Waals surface area (Å²) in [6, 6.07) is 12.7. The molecule has 0 unspecified atom stereocenters. The topological polar surface area (TPSA) is 48.1 Å². The Kier molecular flexibility index (Phi) is 5.56. The number of nitrogens with zero attached hydrogens (tertiary/aromatic N) is 5. The summed E-state index contributed by atoms with van der Waals surface area (Å²) >= 11 is 0. The summed E-state index contributed by atoms with van der Waals surface area (Å²) in [6.07, 6.45) is 7.79. The molecular formula is C26H26FN5O. The molecule has 2 aromatic carbocycles. The van der Waals surface area contributed by atoms with Crippen molar-refractivity contribution in [2.24, 2.45) is 0 Å². The molecule has 0 saturated heterocycles. The van der Waals surface area contributed by atoms with E-state index < -0.39 is 0 Å². The van der Waals surface area contributed by atoms with Crippen molar-refractivity contribution in [2.75, 3.05) is 20.7 Å². The minimum Gasteiger partial charge on any atom is -0.495 e. The fourth-order valence-corrected chi connectivity index (χ4v) is 4.29. The molecule has 0 spiro atoms. The minimum absolute atomic E-state index is 0.243. The standard InChI is InChI=1S/C26H26FN5O/c1-18-28-12-13-31(18)22-10-4-19(16-24(22)33-3)5-11-25-29-26(20-6-8-21(27)9-7-20)23-17-30(2)14-15-32(23)25/h4-13,16H,14-15,17H2,1-3H3/b11-5+. The van der Waals surface area contributed by atoms with Gasteiger partial charge in [0.25, 0.3) is 0 Å². The van der Waals surface area contributed by atoms with Crippen LogP contribution in [0.25, 0.3) is 29.1 Å². The monoisotopic (exact) mass is 443 g/mol. The average Bonchev–Trinajstić information content (AvgIpc) is 3.41. The Bertz CT molecular complexity index is 1320. The first-order chi connectivity index (χ1) is 16.0. The lowest BCUT2D eigenvalue weighted by Gasteiger charge is -2.25. The van der Waals surface area contributed by atoms with Gasteiger partial charge < -0.3 is 13.9 Å². The lowest BCUT2D eigenvalue weighted by molar-refractivity contribution is 0.270. The van der Waals surface area contributed by atoms with Crippen LogP contribution in [0.4, 0.5) is 4.39 Å². The number of fused-ring (bicyclic) bond motifs is 1. The van der Waals surface area contributed by atoms with Crippen molar-refractivity contribution in [1.82, 2.24) is 24.0 Å². The van der Waals surface area contributed by atoms with Crippen LogP contribution in [0.2, 0.25) is 0 Å². The van der Waals surface area contributed by atoms with Gasteiger partial charge in [0.15, 0.2) is 0 Å². The smallest absolute Gasteiger partial charge is 0.143 e. The Morgan fingerprint density at radius 2 is 1.88 bits per heavy atom. The lowest BCUT2D eigenvalue weighted by Crippen LogP contribution is -2.30. The summed E-state index contributed by atoms with van der Waals surface area (Å²) in [5.74, 6) is 2.33. The maximum Gasteiger partial charge on any atom is 0.143 e. The number of methoxy groups -OCH3 is 1. The van der Waals surface area contributed by atoms with E-state index in [1.54, 1.807) is 25.4 Å². The van der Waals surface area contributed by atoms with Gasteiger partial charge in [0.2, 0.25) is 0 Å². The van der Waals surface area contributed by atoms with Crippen molar-refractivity contribution in [2.45, 2.75) is 20.0 Å². The summed E-state index contributed by atoms with van der Waals surface area (Å²) in [4.78, 5) is 11.5. The molecule has 0 amide bonds. The van der Waals surface area contributed by atoms with Gasteiger partial charge in [-0.15, -0.1) is 0 Å². The molecule has 3 heterocycles. The number of ether oxygens (including phenoxy) is 1. The highest BCUT2D eigenvalue weighted by molar-refractivity contribution is 5.72. The molecule has 0 atom stereocenters. The second-order valence-corrected chi connectivity index (χ2v) is 8.27. The Hall–Kier alpha value is -3.71. The Morgan fingerprint density at radius 1 is 1.06 bits per heavy atom. The van der Waals surface area contributed by atoms with Gasteiger partial charge in [-0.25, -0.2) is 14.4 Å². The van der Waals surface area contributed by atoms with E-state index in [1.807, 2.05) is 35.9 Å². The molecule has 0 aliphatic carbocycles. The SMILES string of the molecule is COc1cc(/C=C/c2nc(-c3ccc(F)cc3)c3n2CCN(C)C3)ccc1-n1ccnc1C. The van der Waals surface area contributed by atoms with Gasteiger partial charge in [-0.3, -0.25) is 4.90 Å². The molecule has 4 aromatic rings. The maximum absolute atomic E-state index is 13.5. The highest BCUT2D eigenvalue weighted by Crippen LogP contribution is 2.30. The summed E-state index contributed by atoms with van der Waals surface area (Å²) in [5, 5.41) is 0. The highest BCUT2D eigenvalue weighted by atomic mass is 19.1. The quantitative estimate of drug-likeness (QED) is 0.444. The summed E-state index contributed by atoms with van der Waals surface area (Å²) in [7, 11) is 3.78. The molecule has 0 radical (unpaired) electrons. The number of hydrogen-bond donors (Lipinski definition) is 0. The zero-order valence-electron chi connectivity index (χ0n) is 19.0. The first-order valence-corrected chi connectivity index (χ1v) is 10.9. The molecule has 0 bridgehead atoms. The zero-order valence-corrected chi connectivity index (χ0v) is 19.0. The molecule has 2 aromatic heterocycles. The van der Waals surface area contributed by atoms with Crippen molar-refractivity contribution >= 4 is 12.2 Å². The Labute approximate surface area is 192 Å². The fraction of sp³-hybridized carbons (Fsp3) is 0.231. The number of aryl methyl sites for hydroxylation is 1. The maximum atomic E-state index is 13.5. The normalized spacial score (nSPS) is 14.1. The van der Waals surface area contributed by atoms with Crippen molar-refractivity contribution in [3.63, 3.8) is 0 Å². The number of benzene rings is 2. The van der Waals surface area contributed by atoms with Gasteiger partial charge in [0.1, 0.15) is 23.2 Å². The van der Waals surface area contributed by atoms with E-state index in [9.17, 15) is 4.39 Å². The Balaban J connectivity index is 1.50. The first kappa shape index (κ1) is 21.2. The van der Waals surface area contributed by atoms with E-state index in [0.717, 1.165) is 65.2 Å². The molecule has 0 fully saturated rings. The molecule has 168 valence electrons. The molecule has 6 nitrogen and oxygen atoms in total. The van der Waals surface area contributed by atoms with Crippen molar-refractivity contribution in [3.05, 3.63) is 83.6 Å². The summed E-state index contributed by atoms with van der Waals surface area (Å²) in [5.41, 5.74) is 4.95. The molecule has 1 aliphatic heterocycles. The predicted molar refractivity (Wildman–Crippen MR) is 128 cm³/mol. The molecule has 0 saturated carbocycles. The number of imidazole rings is 2. The molecule has 33 heavy (non-hydrogen) atoms. The molecular weight excluding hydrogens is 417 g/mol. The number of rotatable bonds is 5. The third kappa shape index (κ3) is 4.07. The molecule has 7 heteroatoms. The van der Waals surface area contributed by atoms with Gasteiger partial charge in [-0.2, -0.15) is 0 Å². The number of hydrogen-bond acceptors (Lipinski definition) is 4. The van der Waals surface area contributed by atoms with Gasteiger partial charge in [-0.05, 0) is 62.0 Å². The van der Waals surface area contributed by atoms with Gasteiger partial charge in [0.05, 0.1) is 24.2 Å². The molecule has 0 N–H and O–H groups in total.